The predicted molar refractivity (Wildman–Crippen MR) is 85.9 cm³/mol. The van der Waals surface area contributed by atoms with Gasteiger partial charge in [0.2, 0.25) is 0 Å². The summed E-state index contributed by atoms with van der Waals surface area (Å²) in [5.74, 6) is -0.680. The molecule has 0 saturated carbocycles. The average molecular weight is 335 g/mol. The van der Waals surface area contributed by atoms with Crippen LogP contribution in [0.1, 0.15) is 24.4 Å². The van der Waals surface area contributed by atoms with Crippen LogP contribution in [0.3, 0.4) is 0 Å². The van der Waals surface area contributed by atoms with Gasteiger partial charge in [-0.1, -0.05) is 12.1 Å². The summed E-state index contributed by atoms with van der Waals surface area (Å²) in [6, 6.07) is 5.61. The fourth-order valence-corrected chi connectivity index (χ4v) is 3.54. The Hall–Kier alpha value is -2.15. The van der Waals surface area contributed by atoms with Crippen molar-refractivity contribution < 1.29 is 18.7 Å². The maximum absolute atomic E-state index is 13.2. The van der Waals surface area contributed by atoms with E-state index in [1.54, 1.807) is 12.1 Å². The minimum Gasteiger partial charge on any atom is -0.468 e. The molecule has 2 aliphatic heterocycles. The molecule has 2 fully saturated rings. The second kappa shape index (κ2) is 7.17. The largest absolute Gasteiger partial charge is 0.468 e. The molecule has 7 heteroatoms. The fourth-order valence-electron chi connectivity index (χ4n) is 3.54. The molecular formula is C17H22FN3O3. The number of hydrogen-bond donors (Lipinski definition) is 1. The number of benzene rings is 1. The molecule has 0 aromatic heterocycles. The van der Waals surface area contributed by atoms with Crippen LogP contribution in [0.25, 0.3) is 0 Å². The minimum atomic E-state index is -0.538. The molecule has 6 nitrogen and oxygen atoms in total. The summed E-state index contributed by atoms with van der Waals surface area (Å²) < 4.78 is 18.1. The Labute approximate surface area is 140 Å². The Bertz CT molecular complexity index is 600. The average Bonchev–Trinajstić information content (AvgIpc) is 3.03. The number of urea groups is 1. The Morgan fingerprint density at radius 2 is 1.92 bits per heavy atom. The van der Waals surface area contributed by atoms with Gasteiger partial charge in [-0.25, -0.2) is 14.0 Å². The molecule has 0 spiro atoms. The van der Waals surface area contributed by atoms with Crippen LogP contribution in [0.4, 0.5) is 9.18 Å². The van der Waals surface area contributed by atoms with Gasteiger partial charge >= 0.3 is 12.0 Å². The van der Waals surface area contributed by atoms with Gasteiger partial charge in [0.25, 0.3) is 0 Å². The Morgan fingerprint density at radius 1 is 1.25 bits per heavy atom. The fraction of sp³-hybridized carbons (Fsp3) is 0.529. The van der Waals surface area contributed by atoms with E-state index in [9.17, 15) is 14.0 Å². The standard InChI is InChI=1S/C17H22FN3O3/c1-24-16(22)15(12-2-4-13(18)5-3-12)20-9-6-14(7-10-20)21-11-8-19-17(21)23/h2-5,14-15H,6-11H2,1H3,(H,19,23)/t15-/m0/s1. The van der Waals surface area contributed by atoms with Gasteiger partial charge in [0, 0.05) is 32.2 Å². The lowest BCUT2D eigenvalue weighted by Gasteiger charge is -2.39. The summed E-state index contributed by atoms with van der Waals surface area (Å²) in [5.41, 5.74) is 0.723. The predicted octanol–water partition coefficient (Wildman–Crippen LogP) is 1.53. The van der Waals surface area contributed by atoms with E-state index in [0.717, 1.165) is 24.9 Å². The van der Waals surface area contributed by atoms with Gasteiger partial charge in [0.05, 0.1) is 7.11 Å². The van der Waals surface area contributed by atoms with Gasteiger partial charge in [0.15, 0.2) is 0 Å². The molecule has 0 bridgehead atoms. The first-order chi connectivity index (χ1) is 11.6. The van der Waals surface area contributed by atoms with Crippen LogP contribution in [0, 0.1) is 5.82 Å². The number of piperidine rings is 1. The molecule has 0 aliphatic carbocycles. The number of carbonyl (C=O) groups is 2. The normalized spacial score (nSPS) is 20.8. The van der Waals surface area contributed by atoms with Gasteiger partial charge in [0.1, 0.15) is 11.9 Å². The van der Waals surface area contributed by atoms with Gasteiger partial charge in [-0.05, 0) is 30.5 Å². The van der Waals surface area contributed by atoms with Crippen molar-refractivity contribution in [3.8, 4) is 0 Å². The third kappa shape index (κ3) is 3.36. The number of rotatable bonds is 4. The number of amides is 2. The smallest absolute Gasteiger partial charge is 0.327 e. The van der Waals surface area contributed by atoms with Crippen molar-refractivity contribution in [1.82, 2.24) is 15.1 Å². The summed E-state index contributed by atoms with van der Waals surface area (Å²) >= 11 is 0. The van der Waals surface area contributed by atoms with E-state index in [-0.39, 0.29) is 23.9 Å². The van der Waals surface area contributed by atoms with Gasteiger partial charge < -0.3 is 15.0 Å². The van der Waals surface area contributed by atoms with E-state index >= 15 is 0 Å². The number of nitrogens with one attached hydrogen (secondary N) is 1. The lowest BCUT2D eigenvalue weighted by atomic mass is 9.98. The summed E-state index contributed by atoms with van der Waals surface area (Å²) in [4.78, 5) is 28.0. The summed E-state index contributed by atoms with van der Waals surface area (Å²) in [6.45, 7) is 2.80. The molecule has 1 aromatic rings. The Kier molecular flexibility index (Phi) is 4.99. The highest BCUT2D eigenvalue weighted by Crippen LogP contribution is 2.28. The number of hydrogen-bond acceptors (Lipinski definition) is 4. The van der Waals surface area contributed by atoms with Crippen molar-refractivity contribution in [2.75, 3.05) is 33.3 Å². The highest BCUT2D eigenvalue weighted by Gasteiger charge is 2.35. The molecule has 0 radical (unpaired) electrons. The van der Waals surface area contributed by atoms with Crippen LogP contribution in [0.5, 0.6) is 0 Å². The topological polar surface area (TPSA) is 61.9 Å². The second-order valence-electron chi connectivity index (χ2n) is 6.17. The van der Waals surface area contributed by atoms with Crippen LogP contribution in [-0.2, 0) is 9.53 Å². The maximum atomic E-state index is 13.2. The number of halogens is 1. The van der Waals surface area contributed by atoms with Crippen LogP contribution >= 0.6 is 0 Å². The molecular weight excluding hydrogens is 313 g/mol. The lowest BCUT2D eigenvalue weighted by Crippen LogP contribution is -2.48. The molecule has 24 heavy (non-hydrogen) atoms. The number of likely N-dealkylation sites (tertiary alicyclic amines) is 1. The molecule has 3 rings (SSSR count). The van der Waals surface area contributed by atoms with Crippen molar-refractivity contribution in [3.05, 3.63) is 35.6 Å². The third-order valence-electron chi connectivity index (χ3n) is 4.80. The monoisotopic (exact) mass is 335 g/mol. The van der Waals surface area contributed by atoms with Crippen molar-refractivity contribution in [1.29, 1.82) is 0 Å². The van der Waals surface area contributed by atoms with Crippen LogP contribution in [-0.4, -0.2) is 61.1 Å². The van der Waals surface area contributed by atoms with Crippen molar-refractivity contribution >= 4 is 12.0 Å². The molecule has 2 amide bonds. The molecule has 1 aromatic carbocycles. The first-order valence-corrected chi connectivity index (χ1v) is 8.22. The van der Waals surface area contributed by atoms with E-state index in [0.29, 0.717) is 19.6 Å². The van der Waals surface area contributed by atoms with E-state index in [4.69, 9.17) is 4.74 Å². The van der Waals surface area contributed by atoms with Crippen LogP contribution in [0.15, 0.2) is 24.3 Å². The first-order valence-electron chi connectivity index (χ1n) is 8.22. The molecule has 2 aliphatic rings. The first kappa shape index (κ1) is 16.7. The van der Waals surface area contributed by atoms with E-state index in [2.05, 4.69) is 5.32 Å². The zero-order chi connectivity index (χ0) is 17.1. The van der Waals surface area contributed by atoms with Gasteiger partial charge in [-0.3, -0.25) is 4.90 Å². The number of methoxy groups -OCH3 is 1. The van der Waals surface area contributed by atoms with Crippen LogP contribution < -0.4 is 5.32 Å². The molecule has 2 saturated heterocycles. The van der Waals surface area contributed by atoms with Crippen LogP contribution in [0.2, 0.25) is 0 Å². The molecule has 1 atom stereocenters. The van der Waals surface area contributed by atoms with E-state index in [1.807, 2.05) is 9.80 Å². The van der Waals surface area contributed by atoms with Crippen molar-refractivity contribution in [2.24, 2.45) is 0 Å². The molecule has 130 valence electrons. The highest BCUT2D eigenvalue weighted by atomic mass is 19.1. The summed E-state index contributed by atoms with van der Waals surface area (Å²) in [7, 11) is 1.36. The molecule has 2 heterocycles. The quantitative estimate of drug-likeness (QED) is 0.848. The van der Waals surface area contributed by atoms with Gasteiger partial charge in [-0.2, -0.15) is 0 Å². The lowest BCUT2D eigenvalue weighted by molar-refractivity contribution is -0.148. The number of ether oxygens (including phenoxy) is 1. The zero-order valence-corrected chi connectivity index (χ0v) is 13.7. The van der Waals surface area contributed by atoms with Crippen molar-refractivity contribution in [3.63, 3.8) is 0 Å². The molecule has 1 N–H and O–H groups in total. The number of carbonyl (C=O) groups excluding carboxylic acids is 2. The Morgan fingerprint density at radius 3 is 2.46 bits per heavy atom. The second-order valence-corrected chi connectivity index (χ2v) is 6.17. The Balaban J connectivity index is 1.70. The van der Waals surface area contributed by atoms with E-state index in [1.165, 1.54) is 19.2 Å². The SMILES string of the molecule is COC(=O)[C@H](c1ccc(F)cc1)N1CCC(N2CCNC2=O)CC1. The zero-order valence-electron chi connectivity index (χ0n) is 13.7. The summed E-state index contributed by atoms with van der Waals surface area (Å²) in [5, 5.41) is 2.82. The third-order valence-corrected chi connectivity index (χ3v) is 4.80. The minimum absolute atomic E-state index is 0.00324. The van der Waals surface area contributed by atoms with Crippen molar-refractivity contribution in [2.45, 2.75) is 24.9 Å². The highest BCUT2D eigenvalue weighted by molar-refractivity contribution is 5.78. The molecule has 0 unspecified atom stereocenters. The van der Waals surface area contributed by atoms with E-state index < -0.39 is 6.04 Å². The number of nitrogens with zero attached hydrogens (tertiary/aromatic N) is 2. The maximum Gasteiger partial charge on any atom is 0.327 e. The van der Waals surface area contributed by atoms with Gasteiger partial charge in [-0.15, -0.1) is 0 Å². The number of esters is 1. The summed E-state index contributed by atoms with van der Waals surface area (Å²) in [6.07, 6.45) is 1.62.